The molecule has 2 aromatic rings. The van der Waals surface area contributed by atoms with Gasteiger partial charge in [0.2, 0.25) is 0 Å². The van der Waals surface area contributed by atoms with Crippen molar-refractivity contribution in [3.8, 4) is 0 Å². The van der Waals surface area contributed by atoms with Gasteiger partial charge in [0.25, 0.3) is 0 Å². The molecular weight excluding hydrogens is 288 g/mol. The number of hydrogen-bond acceptors (Lipinski definition) is 4. The SMILES string of the molecule is NC1COCC(N(Cc2ccccc2)Cc2ccccc2)C1O. The number of ether oxygens (including phenoxy) is 1. The van der Waals surface area contributed by atoms with E-state index in [2.05, 4.69) is 29.2 Å². The van der Waals surface area contributed by atoms with Gasteiger partial charge in [-0.25, -0.2) is 0 Å². The molecule has 1 fully saturated rings. The molecule has 2 aromatic carbocycles. The van der Waals surface area contributed by atoms with Gasteiger partial charge in [-0.3, -0.25) is 4.90 Å². The van der Waals surface area contributed by atoms with E-state index in [1.807, 2.05) is 36.4 Å². The van der Waals surface area contributed by atoms with Gasteiger partial charge >= 0.3 is 0 Å². The molecule has 3 N–H and O–H groups in total. The second-order valence-electron chi connectivity index (χ2n) is 6.14. The van der Waals surface area contributed by atoms with Gasteiger partial charge in [0.1, 0.15) is 0 Å². The van der Waals surface area contributed by atoms with Crippen molar-refractivity contribution < 1.29 is 9.84 Å². The van der Waals surface area contributed by atoms with Crippen molar-refractivity contribution in [3.63, 3.8) is 0 Å². The van der Waals surface area contributed by atoms with Crippen molar-refractivity contribution in [2.45, 2.75) is 31.3 Å². The predicted molar refractivity (Wildman–Crippen MR) is 90.7 cm³/mol. The van der Waals surface area contributed by atoms with Crippen LogP contribution in [0.15, 0.2) is 60.7 Å². The summed E-state index contributed by atoms with van der Waals surface area (Å²) in [5.41, 5.74) is 8.43. The normalized spacial score (nSPS) is 24.7. The van der Waals surface area contributed by atoms with Crippen molar-refractivity contribution in [1.29, 1.82) is 0 Å². The molecule has 0 bridgehead atoms. The Morgan fingerprint density at radius 2 is 1.43 bits per heavy atom. The minimum Gasteiger partial charge on any atom is -0.390 e. The lowest BCUT2D eigenvalue weighted by atomic mass is 9.99. The third-order valence-corrected chi connectivity index (χ3v) is 4.36. The fraction of sp³-hybridized carbons (Fsp3) is 0.368. The van der Waals surface area contributed by atoms with Crippen LogP contribution < -0.4 is 5.73 Å². The molecule has 0 saturated carbocycles. The highest BCUT2D eigenvalue weighted by molar-refractivity contribution is 5.17. The molecule has 0 spiro atoms. The Hall–Kier alpha value is -1.72. The van der Waals surface area contributed by atoms with Crippen LogP contribution in [-0.4, -0.2) is 41.4 Å². The summed E-state index contributed by atoms with van der Waals surface area (Å²) in [6.45, 7) is 2.44. The molecule has 4 heteroatoms. The Kier molecular flexibility index (Phi) is 5.41. The van der Waals surface area contributed by atoms with E-state index in [0.29, 0.717) is 13.2 Å². The first-order valence-electron chi connectivity index (χ1n) is 8.07. The summed E-state index contributed by atoms with van der Waals surface area (Å²) >= 11 is 0. The van der Waals surface area contributed by atoms with Gasteiger partial charge in [-0.1, -0.05) is 60.7 Å². The number of nitrogens with two attached hydrogens (primary N) is 1. The quantitative estimate of drug-likeness (QED) is 0.883. The van der Waals surface area contributed by atoms with E-state index in [1.165, 1.54) is 11.1 Å². The first kappa shape index (κ1) is 16.1. The molecule has 0 amide bonds. The van der Waals surface area contributed by atoms with Crippen molar-refractivity contribution in [2.24, 2.45) is 5.73 Å². The largest absolute Gasteiger partial charge is 0.390 e. The molecule has 4 nitrogen and oxygen atoms in total. The molecule has 1 aliphatic rings. The summed E-state index contributed by atoms with van der Waals surface area (Å²) in [6.07, 6.45) is -0.573. The smallest absolute Gasteiger partial charge is 0.0891 e. The molecule has 122 valence electrons. The van der Waals surface area contributed by atoms with E-state index in [-0.39, 0.29) is 12.1 Å². The summed E-state index contributed by atoms with van der Waals surface area (Å²) < 4.78 is 5.59. The molecule has 1 aliphatic heterocycles. The number of hydrogen-bond donors (Lipinski definition) is 2. The van der Waals surface area contributed by atoms with Gasteiger partial charge in [-0.05, 0) is 11.1 Å². The predicted octanol–water partition coefficient (Wildman–Crippen LogP) is 1.78. The fourth-order valence-electron chi connectivity index (χ4n) is 3.06. The van der Waals surface area contributed by atoms with Gasteiger partial charge in [-0.15, -0.1) is 0 Å². The number of aliphatic hydroxyl groups excluding tert-OH is 1. The number of rotatable bonds is 5. The van der Waals surface area contributed by atoms with Crippen LogP contribution >= 0.6 is 0 Å². The van der Waals surface area contributed by atoms with Crippen LogP contribution in [0.2, 0.25) is 0 Å². The number of benzene rings is 2. The maximum atomic E-state index is 10.5. The van der Waals surface area contributed by atoms with Gasteiger partial charge in [-0.2, -0.15) is 0 Å². The van der Waals surface area contributed by atoms with Crippen LogP contribution in [0, 0.1) is 0 Å². The highest BCUT2D eigenvalue weighted by atomic mass is 16.5. The van der Waals surface area contributed by atoms with Crippen LogP contribution in [0.3, 0.4) is 0 Å². The molecule has 0 radical (unpaired) electrons. The minimum absolute atomic E-state index is 0.0980. The summed E-state index contributed by atoms with van der Waals surface area (Å²) in [4.78, 5) is 2.26. The molecule has 3 unspecified atom stereocenters. The van der Waals surface area contributed by atoms with Crippen LogP contribution in [0.25, 0.3) is 0 Å². The van der Waals surface area contributed by atoms with E-state index >= 15 is 0 Å². The maximum absolute atomic E-state index is 10.5. The van der Waals surface area contributed by atoms with Crippen LogP contribution in [0.5, 0.6) is 0 Å². The average molecular weight is 312 g/mol. The van der Waals surface area contributed by atoms with Gasteiger partial charge in [0.15, 0.2) is 0 Å². The maximum Gasteiger partial charge on any atom is 0.0891 e. The summed E-state index contributed by atoms with van der Waals surface area (Å²) in [5.74, 6) is 0. The van der Waals surface area contributed by atoms with E-state index in [0.717, 1.165) is 13.1 Å². The molecule has 1 saturated heterocycles. The van der Waals surface area contributed by atoms with Crippen molar-refractivity contribution in [2.75, 3.05) is 13.2 Å². The van der Waals surface area contributed by atoms with E-state index in [1.54, 1.807) is 0 Å². The summed E-state index contributed by atoms with van der Waals surface area (Å²) in [6, 6.07) is 20.2. The monoisotopic (exact) mass is 312 g/mol. The van der Waals surface area contributed by atoms with Gasteiger partial charge < -0.3 is 15.6 Å². The lowest BCUT2D eigenvalue weighted by Crippen LogP contribution is -2.58. The Morgan fingerprint density at radius 1 is 0.913 bits per heavy atom. The third kappa shape index (κ3) is 4.18. The lowest BCUT2D eigenvalue weighted by molar-refractivity contribution is -0.0785. The molecule has 3 rings (SSSR count). The Bertz CT molecular complexity index is 549. The lowest BCUT2D eigenvalue weighted by Gasteiger charge is -2.40. The van der Waals surface area contributed by atoms with Gasteiger partial charge in [0, 0.05) is 13.1 Å². The van der Waals surface area contributed by atoms with Crippen LogP contribution in [0.1, 0.15) is 11.1 Å². The highest BCUT2D eigenvalue weighted by Crippen LogP contribution is 2.20. The highest BCUT2D eigenvalue weighted by Gasteiger charge is 2.34. The zero-order valence-corrected chi connectivity index (χ0v) is 13.2. The summed E-state index contributed by atoms with van der Waals surface area (Å²) in [5, 5.41) is 10.5. The van der Waals surface area contributed by atoms with E-state index < -0.39 is 6.10 Å². The molecule has 0 aliphatic carbocycles. The number of aliphatic hydroxyl groups is 1. The van der Waals surface area contributed by atoms with Crippen LogP contribution in [-0.2, 0) is 17.8 Å². The fourth-order valence-corrected chi connectivity index (χ4v) is 3.06. The zero-order chi connectivity index (χ0) is 16.1. The van der Waals surface area contributed by atoms with Gasteiger partial charge in [0.05, 0.1) is 31.4 Å². The van der Waals surface area contributed by atoms with Crippen LogP contribution in [0.4, 0.5) is 0 Å². The van der Waals surface area contributed by atoms with Crippen molar-refractivity contribution in [1.82, 2.24) is 4.90 Å². The Morgan fingerprint density at radius 3 is 1.96 bits per heavy atom. The first-order chi connectivity index (χ1) is 11.2. The van der Waals surface area contributed by atoms with E-state index in [9.17, 15) is 5.11 Å². The second kappa shape index (κ2) is 7.70. The molecular formula is C19H24N2O2. The third-order valence-electron chi connectivity index (χ3n) is 4.36. The average Bonchev–Trinajstić information content (AvgIpc) is 2.59. The zero-order valence-electron chi connectivity index (χ0n) is 13.2. The Labute approximate surface area is 137 Å². The number of nitrogens with zero attached hydrogens (tertiary/aromatic N) is 1. The van der Waals surface area contributed by atoms with Crippen molar-refractivity contribution in [3.05, 3.63) is 71.8 Å². The topological polar surface area (TPSA) is 58.7 Å². The first-order valence-corrected chi connectivity index (χ1v) is 8.07. The van der Waals surface area contributed by atoms with E-state index in [4.69, 9.17) is 10.5 Å². The molecule has 1 heterocycles. The standard InChI is InChI=1S/C19H24N2O2/c20-17-13-23-14-18(19(17)22)21(11-15-7-3-1-4-8-15)12-16-9-5-2-6-10-16/h1-10,17-19,22H,11-14,20H2. The molecule has 3 atom stereocenters. The molecule has 0 aromatic heterocycles. The summed E-state index contributed by atoms with van der Waals surface area (Å²) in [7, 11) is 0. The second-order valence-corrected chi connectivity index (χ2v) is 6.14. The molecule has 23 heavy (non-hydrogen) atoms. The Balaban J connectivity index is 1.80. The van der Waals surface area contributed by atoms with Crippen molar-refractivity contribution >= 4 is 0 Å². The minimum atomic E-state index is -0.573.